The first kappa shape index (κ1) is 16.0. The number of likely N-dealkylation sites (N-methyl/N-ethyl adjacent to an activating group) is 1. The summed E-state index contributed by atoms with van der Waals surface area (Å²) in [5, 5.41) is 20.8. The van der Waals surface area contributed by atoms with Gasteiger partial charge in [0.05, 0.1) is 6.10 Å². The first-order chi connectivity index (χ1) is 9.40. The van der Waals surface area contributed by atoms with Gasteiger partial charge in [0.1, 0.15) is 6.04 Å². The van der Waals surface area contributed by atoms with E-state index in [1.165, 1.54) is 11.9 Å². The second kappa shape index (κ2) is 7.49. The minimum atomic E-state index is -1.09. The maximum atomic E-state index is 11.8. The highest BCUT2D eigenvalue weighted by Gasteiger charge is 2.22. The van der Waals surface area contributed by atoms with Crippen LogP contribution in [0.3, 0.4) is 0 Å². The summed E-state index contributed by atoms with van der Waals surface area (Å²) in [5.41, 5.74) is 0.832. The lowest BCUT2D eigenvalue weighted by atomic mass is 10.1. The topological polar surface area (TPSA) is 89.9 Å². The van der Waals surface area contributed by atoms with Gasteiger partial charge < -0.3 is 20.4 Å². The number of nitrogens with zero attached hydrogens (tertiary/aromatic N) is 1. The lowest BCUT2D eigenvalue weighted by Gasteiger charge is -2.22. The van der Waals surface area contributed by atoms with E-state index in [1.54, 1.807) is 6.92 Å². The van der Waals surface area contributed by atoms with E-state index in [2.05, 4.69) is 5.32 Å². The molecule has 0 saturated carbocycles. The molecule has 1 unspecified atom stereocenters. The van der Waals surface area contributed by atoms with Gasteiger partial charge in [0.2, 0.25) is 0 Å². The average Bonchev–Trinajstić information content (AvgIpc) is 2.38. The largest absolute Gasteiger partial charge is 0.480 e. The van der Waals surface area contributed by atoms with Crippen LogP contribution in [-0.2, 0) is 11.2 Å². The fourth-order valence-electron chi connectivity index (χ4n) is 1.79. The van der Waals surface area contributed by atoms with Crippen LogP contribution < -0.4 is 5.32 Å². The van der Waals surface area contributed by atoms with Crippen molar-refractivity contribution in [2.24, 2.45) is 0 Å². The summed E-state index contributed by atoms with van der Waals surface area (Å²) in [4.78, 5) is 24.3. The molecule has 6 nitrogen and oxygen atoms in total. The minimum Gasteiger partial charge on any atom is -0.480 e. The van der Waals surface area contributed by atoms with E-state index in [0.717, 1.165) is 5.56 Å². The van der Waals surface area contributed by atoms with Gasteiger partial charge in [-0.05, 0) is 12.5 Å². The molecule has 2 amide bonds. The fourth-order valence-corrected chi connectivity index (χ4v) is 1.79. The summed E-state index contributed by atoms with van der Waals surface area (Å²) in [5.74, 6) is -1.09. The van der Waals surface area contributed by atoms with E-state index >= 15 is 0 Å². The molecule has 0 fully saturated rings. The summed E-state index contributed by atoms with van der Waals surface area (Å²) in [6.45, 7) is 1.70. The Bertz CT molecular complexity index is 448. The van der Waals surface area contributed by atoms with Crippen LogP contribution in [0.2, 0.25) is 0 Å². The molecule has 0 heterocycles. The molecular formula is C14H20N2O4. The van der Waals surface area contributed by atoms with E-state index in [4.69, 9.17) is 5.11 Å². The van der Waals surface area contributed by atoms with Crippen LogP contribution in [0.5, 0.6) is 0 Å². The minimum absolute atomic E-state index is 0.142. The number of benzene rings is 1. The Balaban J connectivity index is 2.64. The van der Waals surface area contributed by atoms with Crippen LogP contribution >= 0.6 is 0 Å². The first-order valence-corrected chi connectivity index (χ1v) is 6.36. The third kappa shape index (κ3) is 5.27. The zero-order valence-corrected chi connectivity index (χ0v) is 11.6. The van der Waals surface area contributed by atoms with Gasteiger partial charge in [0.15, 0.2) is 0 Å². The predicted molar refractivity (Wildman–Crippen MR) is 74.4 cm³/mol. The summed E-state index contributed by atoms with van der Waals surface area (Å²) < 4.78 is 0. The van der Waals surface area contributed by atoms with Crippen molar-refractivity contribution in [3.63, 3.8) is 0 Å². The maximum absolute atomic E-state index is 11.8. The van der Waals surface area contributed by atoms with Crippen LogP contribution in [-0.4, -0.2) is 52.9 Å². The zero-order valence-electron chi connectivity index (χ0n) is 11.6. The van der Waals surface area contributed by atoms with Gasteiger partial charge in [-0.2, -0.15) is 0 Å². The number of aliphatic hydroxyl groups excluding tert-OH is 1. The van der Waals surface area contributed by atoms with Crippen molar-refractivity contribution in [3.8, 4) is 0 Å². The molecule has 3 N–H and O–H groups in total. The molecule has 1 aromatic rings. The van der Waals surface area contributed by atoms with Crippen LogP contribution in [0, 0.1) is 0 Å². The Morgan fingerprint density at radius 3 is 2.40 bits per heavy atom. The number of hydrogen-bond acceptors (Lipinski definition) is 3. The number of carbonyl (C=O) groups excluding carboxylic acids is 1. The van der Waals surface area contributed by atoms with Crippen molar-refractivity contribution in [2.45, 2.75) is 25.5 Å². The highest BCUT2D eigenvalue weighted by Crippen LogP contribution is 2.04. The van der Waals surface area contributed by atoms with Gasteiger partial charge in [-0.1, -0.05) is 30.3 Å². The van der Waals surface area contributed by atoms with Gasteiger partial charge in [-0.3, -0.25) is 0 Å². The van der Waals surface area contributed by atoms with E-state index in [0.29, 0.717) is 0 Å². The van der Waals surface area contributed by atoms with E-state index in [-0.39, 0.29) is 13.0 Å². The molecule has 0 aliphatic carbocycles. The quantitative estimate of drug-likeness (QED) is 0.715. The van der Waals surface area contributed by atoms with Crippen molar-refractivity contribution in [1.82, 2.24) is 10.2 Å². The number of carbonyl (C=O) groups is 2. The van der Waals surface area contributed by atoms with Crippen molar-refractivity contribution >= 4 is 12.0 Å². The Morgan fingerprint density at radius 2 is 1.90 bits per heavy atom. The molecule has 110 valence electrons. The van der Waals surface area contributed by atoms with Crippen molar-refractivity contribution in [2.75, 3.05) is 13.6 Å². The summed E-state index contributed by atoms with van der Waals surface area (Å²) in [7, 11) is 1.50. The predicted octanol–water partition coefficient (Wildman–Crippen LogP) is 0.704. The number of amides is 2. The maximum Gasteiger partial charge on any atom is 0.326 e. The SMILES string of the molecule is CC(O)CN(C)C(=O)N[C@H](Cc1ccccc1)C(=O)O. The number of aliphatic hydroxyl groups is 1. The molecule has 20 heavy (non-hydrogen) atoms. The molecule has 0 saturated heterocycles. The standard InChI is InChI=1S/C14H20N2O4/c1-10(17)9-16(2)14(20)15-12(13(18)19)8-11-6-4-3-5-7-11/h3-7,10,12,17H,8-9H2,1-2H3,(H,15,20)(H,18,19)/t10?,12-/m1/s1. The van der Waals surface area contributed by atoms with Crippen molar-refractivity contribution < 1.29 is 19.8 Å². The monoisotopic (exact) mass is 280 g/mol. The normalized spacial score (nSPS) is 13.3. The molecule has 1 aromatic carbocycles. The number of carboxylic acids is 1. The lowest BCUT2D eigenvalue weighted by molar-refractivity contribution is -0.139. The van der Waals surface area contributed by atoms with Crippen LogP contribution in [0.1, 0.15) is 12.5 Å². The average molecular weight is 280 g/mol. The Hall–Kier alpha value is -2.08. The Morgan fingerprint density at radius 1 is 1.30 bits per heavy atom. The number of urea groups is 1. The van der Waals surface area contributed by atoms with Crippen LogP contribution in [0.4, 0.5) is 4.79 Å². The molecule has 1 rings (SSSR count). The highest BCUT2D eigenvalue weighted by atomic mass is 16.4. The summed E-state index contributed by atoms with van der Waals surface area (Å²) in [6.07, 6.45) is -0.451. The number of hydrogen-bond donors (Lipinski definition) is 3. The fraction of sp³-hybridized carbons (Fsp3) is 0.429. The highest BCUT2D eigenvalue weighted by molar-refractivity contribution is 5.82. The molecular weight excluding hydrogens is 260 g/mol. The van der Waals surface area contributed by atoms with Crippen molar-refractivity contribution in [1.29, 1.82) is 0 Å². The van der Waals surface area contributed by atoms with E-state index < -0.39 is 24.1 Å². The van der Waals surface area contributed by atoms with Gasteiger partial charge in [0.25, 0.3) is 0 Å². The number of carboxylic acid groups (broad SMARTS) is 1. The van der Waals surface area contributed by atoms with Gasteiger partial charge in [-0.15, -0.1) is 0 Å². The van der Waals surface area contributed by atoms with Crippen LogP contribution in [0.15, 0.2) is 30.3 Å². The van der Waals surface area contributed by atoms with Gasteiger partial charge >= 0.3 is 12.0 Å². The molecule has 0 spiro atoms. The third-order valence-corrected chi connectivity index (χ3v) is 2.76. The van der Waals surface area contributed by atoms with Crippen molar-refractivity contribution in [3.05, 3.63) is 35.9 Å². The van der Waals surface area contributed by atoms with E-state index in [1.807, 2.05) is 30.3 Å². The second-order valence-electron chi connectivity index (χ2n) is 4.76. The molecule has 0 bridgehead atoms. The second-order valence-corrected chi connectivity index (χ2v) is 4.76. The van der Waals surface area contributed by atoms with E-state index in [9.17, 15) is 14.7 Å². The number of rotatable bonds is 6. The zero-order chi connectivity index (χ0) is 15.1. The third-order valence-electron chi connectivity index (χ3n) is 2.76. The molecule has 0 aliphatic heterocycles. The summed E-state index contributed by atoms with van der Waals surface area (Å²) >= 11 is 0. The number of aliphatic carboxylic acids is 1. The molecule has 0 aromatic heterocycles. The first-order valence-electron chi connectivity index (χ1n) is 6.36. The Labute approximate surface area is 118 Å². The lowest BCUT2D eigenvalue weighted by Crippen LogP contribution is -2.49. The summed E-state index contributed by atoms with van der Waals surface area (Å²) in [6, 6.07) is 7.57. The smallest absolute Gasteiger partial charge is 0.326 e. The molecule has 2 atom stereocenters. The molecule has 0 radical (unpaired) electrons. The molecule has 6 heteroatoms. The van der Waals surface area contributed by atoms with Gasteiger partial charge in [0, 0.05) is 20.0 Å². The van der Waals surface area contributed by atoms with Gasteiger partial charge in [-0.25, -0.2) is 9.59 Å². The Kier molecular flexibility index (Phi) is 5.99. The van der Waals surface area contributed by atoms with Crippen LogP contribution in [0.25, 0.3) is 0 Å². The number of nitrogens with one attached hydrogen (secondary N) is 1. The molecule has 0 aliphatic rings.